The van der Waals surface area contributed by atoms with E-state index in [9.17, 15) is 13.5 Å². The smallest absolute Gasteiger partial charge is 0.296 e. The average molecular weight is 274 g/mol. The quantitative estimate of drug-likeness (QED) is 0.751. The summed E-state index contributed by atoms with van der Waals surface area (Å²) in [4.78, 5) is 0.0830. The van der Waals surface area contributed by atoms with Crippen LogP contribution in [0, 0.1) is 6.92 Å². The molecule has 0 bridgehead atoms. The fourth-order valence-electron chi connectivity index (χ4n) is 1.29. The molecule has 0 radical (unpaired) electrons. The van der Waals surface area contributed by atoms with E-state index in [1.165, 1.54) is 19.1 Å². The molecule has 0 saturated carbocycles. The van der Waals surface area contributed by atoms with Crippen molar-refractivity contribution < 1.29 is 22.8 Å². The molecule has 0 amide bonds. The lowest BCUT2D eigenvalue weighted by Gasteiger charge is -2.13. The van der Waals surface area contributed by atoms with E-state index in [4.69, 9.17) is 9.29 Å². The summed E-state index contributed by atoms with van der Waals surface area (Å²) >= 11 is 0. The molecule has 0 aromatic heterocycles. The van der Waals surface area contributed by atoms with Crippen LogP contribution in [0.3, 0.4) is 0 Å². The van der Waals surface area contributed by atoms with Gasteiger partial charge in [0.25, 0.3) is 10.1 Å². The summed E-state index contributed by atoms with van der Waals surface area (Å²) in [5.74, 6) is 0. The van der Waals surface area contributed by atoms with Gasteiger partial charge in [0.1, 0.15) is 0 Å². The molecule has 1 aromatic carbocycles. The zero-order valence-electron chi connectivity index (χ0n) is 10.4. The van der Waals surface area contributed by atoms with Gasteiger partial charge in [0, 0.05) is 6.42 Å². The molecular weight excluding hydrogens is 256 g/mol. The van der Waals surface area contributed by atoms with Crippen LogP contribution < -0.4 is 0 Å². The first kappa shape index (κ1) is 15.1. The van der Waals surface area contributed by atoms with Gasteiger partial charge in [-0.2, -0.15) is 8.42 Å². The van der Waals surface area contributed by atoms with Gasteiger partial charge in [0.15, 0.2) is 0 Å². The third-order valence-electron chi connectivity index (χ3n) is 2.52. The van der Waals surface area contributed by atoms with Crippen LogP contribution >= 0.6 is 0 Å². The van der Waals surface area contributed by atoms with Crippen molar-refractivity contribution in [1.82, 2.24) is 0 Å². The minimum absolute atomic E-state index is 0.0583. The van der Waals surface area contributed by atoms with Crippen molar-refractivity contribution >= 4 is 10.1 Å². The maximum Gasteiger partial charge on any atom is 0.296 e. The third kappa shape index (κ3) is 4.38. The molecule has 2 atom stereocenters. The van der Waals surface area contributed by atoms with Crippen molar-refractivity contribution in [3.63, 3.8) is 0 Å². The van der Waals surface area contributed by atoms with Crippen molar-refractivity contribution in [1.29, 1.82) is 0 Å². The van der Waals surface area contributed by atoms with Crippen LogP contribution in [0.1, 0.15) is 18.9 Å². The third-order valence-corrected chi connectivity index (χ3v) is 3.85. The summed E-state index contributed by atoms with van der Waals surface area (Å²) in [7, 11) is -3.79. The maximum absolute atomic E-state index is 11.7. The lowest BCUT2D eigenvalue weighted by molar-refractivity contribution is 0.0187. The van der Waals surface area contributed by atoms with Crippen LogP contribution in [0.4, 0.5) is 0 Å². The van der Waals surface area contributed by atoms with Gasteiger partial charge < -0.3 is 10.2 Å². The molecule has 0 aliphatic carbocycles. The maximum atomic E-state index is 11.7. The van der Waals surface area contributed by atoms with Gasteiger partial charge in [0.2, 0.25) is 0 Å². The van der Waals surface area contributed by atoms with Crippen LogP contribution in [0.15, 0.2) is 29.2 Å². The zero-order valence-corrected chi connectivity index (χ0v) is 11.2. The lowest BCUT2D eigenvalue weighted by Crippen LogP contribution is -2.24. The number of aliphatic hydroxyl groups is 2. The van der Waals surface area contributed by atoms with E-state index in [2.05, 4.69) is 0 Å². The monoisotopic (exact) mass is 274 g/mol. The molecule has 6 heteroatoms. The molecule has 0 fully saturated rings. The summed E-state index contributed by atoms with van der Waals surface area (Å²) < 4.78 is 28.2. The predicted molar refractivity (Wildman–Crippen MR) is 66.6 cm³/mol. The van der Waals surface area contributed by atoms with Gasteiger partial charge in [-0.3, -0.25) is 4.18 Å². The molecule has 1 rings (SSSR count). The van der Waals surface area contributed by atoms with Crippen molar-refractivity contribution in [2.45, 2.75) is 37.4 Å². The van der Waals surface area contributed by atoms with Crippen LogP contribution in [0.5, 0.6) is 0 Å². The van der Waals surface area contributed by atoms with Crippen molar-refractivity contribution in [2.24, 2.45) is 0 Å². The van der Waals surface area contributed by atoms with Gasteiger partial charge in [-0.1, -0.05) is 17.7 Å². The summed E-state index contributed by atoms with van der Waals surface area (Å²) in [6, 6.07) is 6.30. The van der Waals surface area contributed by atoms with E-state index in [-0.39, 0.29) is 17.9 Å². The number of rotatable bonds is 6. The van der Waals surface area contributed by atoms with Gasteiger partial charge in [-0.15, -0.1) is 0 Å². The first-order chi connectivity index (χ1) is 8.33. The SMILES string of the molecule is Cc1ccc(S(=O)(=O)OCCC(O)C(C)O)cc1. The summed E-state index contributed by atoms with van der Waals surface area (Å²) in [6.45, 7) is 3.12. The molecule has 102 valence electrons. The minimum atomic E-state index is -3.79. The normalized spacial score (nSPS) is 15.3. The summed E-state index contributed by atoms with van der Waals surface area (Å²) in [5, 5.41) is 18.3. The van der Waals surface area contributed by atoms with E-state index in [1.54, 1.807) is 12.1 Å². The molecule has 2 N–H and O–H groups in total. The fourth-order valence-corrected chi connectivity index (χ4v) is 2.21. The predicted octanol–water partition coefficient (Wildman–Crippen LogP) is 0.832. The van der Waals surface area contributed by atoms with E-state index in [0.29, 0.717) is 0 Å². The Morgan fingerprint density at radius 2 is 1.78 bits per heavy atom. The Labute approximate surface area is 107 Å². The molecule has 0 saturated heterocycles. The molecule has 1 aromatic rings. The van der Waals surface area contributed by atoms with E-state index in [0.717, 1.165) is 5.56 Å². The van der Waals surface area contributed by atoms with Crippen LogP contribution in [0.25, 0.3) is 0 Å². The topological polar surface area (TPSA) is 83.8 Å². The Hall–Kier alpha value is -0.950. The second kappa shape index (κ2) is 6.29. The van der Waals surface area contributed by atoms with Crippen molar-refractivity contribution in [2.75, 3.05) is 6.61 Å². The number of aliphatic hydroxyl groups excluding tert-OH is 2. The van der Waals surface area contributed by atoms with E-state index in [1.807, 2.05) is 6.92 Å². The highest BCUT2D eigenvalue weighted by Crippen LogP contribution is 2.13. The number of hydrogen-bond acceptors (Lipinski definition) is 5. The highest BCUT2D eigenvalue weighted by atomic mass is 32.2. The number of hydrogen-bond donors (Lipinski definition) is 2. The van der Waals surface area contributed by atoms with Crippen molar-refractivity contribution in [3.05, 3.63) is 29.8 Å². The lowest BCUT2D eigenvalue weighted by atomic mass is 10.2. The molecule has 0 heterocycles. The Bertz CT molecular complexity index is 464. The first-order valence-electron chi connectivity index (χ1n) is 5.65. The Morgan fingerprint density at radius 1 is 1.22 bits per heavy atom. The summed E-state index contributed by atoms with van der Waals surface area (Å²) in [5.41, 5.74) is 0.957. The Kier molecular flexibility index (Phi) is 5.28. The molecular formula is C12H18O5S. The molecule has 0 aliphatic heterocycles. The average Bonchev–Trinajstić information content (AvgIpc) is 2.29. The first-order valence-corrected chi connectivity index (χ1v) is 7.06. The van der Waals surface area contributed by atoms with Crippen molar-refractivity contribution in [3.8, 4) is 0 Å². The second-order valence-electron chi connectivity index (χ2n) is 4.19. The standard InChI is InChI=1S/C12H18O5S/c1-9-3-5-11(6-4-9)18(15,16)17-8-7-12(14)10(2)13/h3-6,10,12-14H,7-8H2,1-2H3. The fraction of sp³-hybridized carbons (Fsp3) is 0.500. The molecule has 2 unspecified atom stereocenters. The minimum Gasteiger partial charge on any atom is -0.391 e. The highest BCUT2D eigenvalue weighted by molar-refractivity contribution is 7.86. The molecule has 0 aliphatic rings. The van der Waals surface area contributed by atoms with Crippen LogP contribution in [0.2, 0.25) is 0 Å². The molecule has 5 nitrogen and oxygen atoms in total. The highest BCUT2D eigenvalue weighted by Gasteiger charge is 2.17. The van der Waals surface area contributed by atoms with Gasteiger partial charge in [-0.25, -0.2) is 0 Å². The summed E-state index contributed by atoms with van der Waals surface area (Å²) in [6.07, 6.45) is -1.84. The molecule has 18 heavy (non-hydrogen) atoms. The van der Waals surface area contributed by atoms with E-state index >= 15 is 0 Å². The number of aryl methyl sites for hydroxylation is 1. The van der Waals surface area contributed by atoms with Gasteiger partial charge in [0.05, 0.1) is 23.7 Å². The molecule has 0 spiro atoms. The van der Waals surface area contributed by atoms with Gasteiger partial charge >= 0.3 is 0 Å². The van der Waals surface area contributed by atoms with E-state index < -0.39 is 22.3 Å². The number of benzene rings is 1. The Balaban J connectivity index is 2.58. The Morgan fingerprint density at radius 3 is 2.28 bits per heavy atom. The van der Waals surface area contributed by atoms with Gasteiger partial charge in [-0.05, 0) is 26.0 Å². The zero-order chi connectivity index (χ0) is 13.8. The van der Waals surface area contributed by atoms with Crippen LogP contribution in [-0.2, 0) is 14.3 Å². The second-order valence-corrected chi connectivity index (χ2v) is 5.80. The largest absolute Gasteiger partial charge is 0.391 e. The van der Waals surface area contributed by atoms with Crippen LogP contribution in [-0.4, -0.2) is 37.4 Å².